The maximum atomic E-state index is 6.01. The van der Waals surface area contributed by atoms with Crippen molar-refractivity contribution in [1.82, 2.24) is 4.98 Å². The second-order valence-electron chi connectivity index (χ2n) is 4.10. The van der Waals surface area contributed by atoms with E-state index in [1.165, 1.54) is 24.1 Å². The highest BCUT2D eigenvalue weighted by Gasteiger charge is 2.15. The Labute approximate surface area is 97.1 Å². The third-order valence-electron chi connectivity index (χ3n) is 2.78. The van der Waals surface area contributed by atoms with Crippen molar-refractivity contribution in [3.8, 4) is 0 Å². The zero-order chi connectivity index (χ0) is 10.1. The summed E-state index contributed by atoms with van der Waals surface area (Å²) >= 11 is 0. The van der Waals surface area contributed by atoms with Gasteiger partial charge in [0.2, 0.25) is 0 Å². The molecule has 2 rings (SSSR count). The van der Waals surface area contributed by atoms with E-state index >= 15 is 0 Å². The van der Waals surface area contributed by atoms with Gasteiger partial charge < -0.3 is 10.6 Å². The van der Waals surface area contributed by atoms with Crippen molar-refractivity contribution in [1.29, 1.82) is 0 Å². The molecule has 0 aromatic carbocycles. The van der Waals surface area contributed by atoms with Crippen molar-refractivity contribution in [2.45, 2.75) is 25.7 Å². The molecule has 0 bridgehead atoms. The molecule has 4 heteroatoms. The topological polar surface area (TPSA) is 42.1 Å². The van der Waals surface area contributed by atoms with Crippen LogP contribution in [0, 0.1) is 0 Å². The van der Waals surface area contributed by atoms with Crippen LogP contribution in [0.4, 0.5) is 11.5 Å². The summed E-state index contributed by atoms with van der Waals surface area (Å²) in [7, 11) is 3.99. The second kappa shape index (κ2) is 4.71. The first-order valence-corrected chi connectivity index (χ1v) is 5.14. The van der Waals surface area contributed by atoms with E-state index in [1.807, 2.05) is 25.1 Å². The van der Waals surface area contributed by atoms with Crippen LogP contribution in [0.25, 0.3) is 0 Å². The summed E-state index contributed by atoms with van der Waals surface area (Å²) in [4.78, 5) is 6.62. The maximum Gasteiger partial charge on any atom is 0.130 e. The molecule has 0 saturated carbocycles. The number of pyridine rings is 1. The van der Waals surface area contributed by atoms with Gasteiger partial charge in [-0.2, -0.15) is 0 Å². The first-order valence-electron chi connectivity index (χ1n) is 5.14. The predicted octanol–water partition coefficient (Wildman–Crippen LogP) is 2.03. The number of nitrogens with two attached hydrogens (primary N) is 1. The Morgan fingerprint density at radius 1 is 1.27 bits per heavy atom. The van der Waals surface area contributed by atoms with E-state index in [2.05, 4.69) is 4.98 Å². The second-order valence-corrected chi connectivity index (χ2v) is 4.10. The standard InChI is InChI=1S/C11H17N3.ClH/c1-14(2)11-7-9(12)8-5-3-4-6-10(8)13-11;/h7H,3-6H2,1-2H3,(H2,12,13);1H. The van der Waals surface area contributed by atoms with Crippen LogP contribution in [-0.4, -0.2) is 19.1 Å². The molecule has 0 atom stereocenters. The van der Waals surface area contributed by atoms with Gasteiger partial charge in [0.15, 0.2) is 0 Å². The Morgan fingerprint density at radius 2 is 1.93 bits per heavy atom. The van der Waals surface area contributed by atoms with Crippen LogP contribution >= 0.6 is 12.4 Å². The lowest BCUT2D eigenvalue weighted by Crippen LogP contribution is -2.15. The third-order valence-corrected chi connectivity index (χ3v) is 2.78. The highest BCUT2D eigenvalue weighted by Crippen LogP contribution is 2.27. The van der Waals surface area contributed by atoms with Crippen molar-refractivity contribution in [2.24, 2.45) is 0 Å². The number of aryl methyl sites for hydroxylation is 1. The van der Waals surface area contributed by atoms with Crippen LogP contribution in [0.15, 0.2) is 6.07 Å². The van der Waals surface area contributed by atoms with E-state index in [1.54, 1.807) is 0 Å². The summed E-state index contributed by atoms with van der Waals surface area (Å²) in [5.41, 5.74) is 9.42. The van der Waals surface area contributed by atoms with Crippen molar-refractivity contribution in [3.63, 3.8) is 0 Å². The van der Waals surface area contributed by atoms with E-state index in [0.29, 0.717) is 0 Å². The molecule has 15 heavy (non-hydrogen) atoms. The summed E-state index contributed by atoms with van der Waals surface area (Å²) in [5.74, 6) is 0.975. The zero-order valence-corrected chi connectivity index (χ0v) is 10.1. The molecule has 3 nitrogen and oxygen atoms in total. The average Bonchev–Trinajstić information content (AvgIpc) is 2.17. The maximum absolute atomic E-state index is 6.01. The van der Waals surface area contributed by atoms with Gasteiger partial charge in [-0.3, -0.25) is 0 Å². The minimum Gasteiger partial charge on any atom is -0.398 e. The van der Waals surface area contributed by atoms with Crippen molar-refractivity contribution >= 4 is 23.9 Å². The van der Waals surface area contributed by atoms with Gasteiger partial charge in [-0.1, -0.05) is 0 Å². The van der Waals surface area contributed by atoms with Gasteiger partial charge in [-0.25, -0.2) is 4.98 Å². The highest BCUT2D eigenvalue weighted by molar-refractivity contribution is 5.85. The molecule has 84 valence electrons. The quantitative estimate of drug-likeness (QED) is 0.799. The Kier molecular flexibility index (Phi) is 3.80. The Balaban J connectivity index is 0.00000112. The molecule has 0 fully saturated rings. The van der Waals surface area contributed by atoms with Crippen LogP contribution in [0.1, 0.15) is 24.1 Å². The molecule has 0 spiro atoms. The van der Waals surface area contributed by atoms with Crippen molar-refractivity contribution in [2.75, 3.05) is 24.7 Å². The van der Waals surface area contributed by atoms with Crippen LogP contribution < -0.4 is 10.6 Å². The van der Waals surface area contributed by atoms with Gasteiger partial charge in [-0.15, -0.1) is 12.4 Å². The minimum absolute atomic E-state index is 0. The number of nitrogens with zero attached hydrogens (tertiary/aromatic N) is 2. The van der Waals surface area contributed by atoms with Crippen LogP contribution in [-0.2, 0) is 12.8 Å². The molecule has 0 radical (unpaired) electrons. The lowest BCUT2D eigenvalue weighted by atomic mass is 9.95. The SMILES string of the molecule is CN(C)c1cc(N)c2c(n1)CCCC2.Cl. The fourth-order valence-electron chi connectivity index (χ4n) is 1.95. The van der Waals surface area contributed by atoms with Gasteiger partial charge in [0.1, 0.15) is 5.82 Å². The average molecular weight is 228 g/mol. The van der Waals surface area contributed by atoms with Crippen LogP contribution in [0.2, 0.25) is 0 Å². The van der Waals surface area contributed by atoms with E-state index in [-0.39, 0.29) is 12.4 Å². The Bertz CT molecular complexity index is 350. The molecule has 1 aliphatic carbocycles. The van der Waals surface area contributed by atoms with Gasteiger partial charge >= 0.3 is 0 Å². The number of hydrogen-bond acceptors (Lipinski definition) is 3. The van der Waals surface area contributed by atoms with Gasteiger partial charge in [0.05, 0.1) is 0 Å². The fraction of sp³-hybridized carbons (Fsp3) is 0.545. The summed E-state index contributed by atoms with van der Waals surface area (Å²) in [6, 6.07) is 1.98. The lowest BCUT2D eigenvalue weighted by Gasteiger charge is -2.20. The highest BCUT2D eigenvalue weighted by atomic mass is 35.5. The summed E-state index contributed by atoms with van der Waals surface area (Å²) in [6.07, 6.45) is 4.68. The van der Waals surface area contributed by atoms with Gasteiger partial charge in [0, 0.05) is 31.5 Å². The smallest absolute Gasteiger partial charge is 0.130 e. The molecule has 0 unspecified atom stereocenters. The molecule has 0 amide bonds. The molecule has 1 aromatic rings. The van der Waals surface area contributed by atoms with Crippen molar-refractivity contribution < 1.29 is 0 Å². The molecule has 0 saturated heterocycles. The number of halogens is 1. The third kappa shape index (κ3) is 2.34. The van der Waals surface area contributed by atoms with E-state index in [0.717, 1.165) is 24.3 Å². The Morgan fingerprint density at radius 3 is 2.60 bits per heavy atom. The number of nitrogen functional groups attached to an aromatic ring is 1. The number of anilines is 2. The van der Waals surface area contributed by atoms with E-state index in [9.17, 15) is 0 Å². The first kappa shape index (κ1) is 12.1. The van der Waals surface area contributed by atoms with Crippen molar-refractivity contribution in [3.05, 3.63) is 17.3 Å². The largest absolute Gasteiger partial charge is 0.398 e. The monoisotopic (exact) mass is 227 g/mol. The zero-order valence-electron chi connectivity index (χ0n) is 9.29. The predicted molar refractivity (Wildman–Crippen MR) is 66.9 cm³/mol. The molecule has 0 aliphatic heterocycles. The molecule has 2 N–H and O–H groups in total. The fourth-order valence-corrected chi connectivity index (χ4v) is 1.95. The first-order chi connectivity index (χ1) is 6.68. The summed E-state index contributed by atoms with van der Waals surface area (Å²) in [6.45, 7) is 0. The number of aromatic nitrogens is 1. The number of rotatable bonds is 1. The summed E-state index contributed by atoms with van der Waals surface area (Å²) in [5, 5.41) is 0. The number of hydrogen-bond donors (Lipinski definition) is 1. The van der Waals surface area contributed by atoms with E-state index < -0.39 is 0 Å². The molecule has 1 heterocycles. The Hall–Kier alpha value is -0.960. The number of fused-ring (bicyclic) bond motifs is 1. The van der Waals surface area contributed by atoms with Gasteiger partial charge in [0.25, 0.3) is 0 Å². The summed E-state index contributed by atoms with van der Waals surface area (Å²) < 4.78 is 0. The lowest BCUT2D eigenvalue weighted by molar-refractivity contribution is 0.669. The normalized spacial score (nSPS) is 14.0. The van der Waals surface area contributed by atoms with E-state index in [4.69, 9.17) is 5.73 Å². The molecule has 1 aromatic heterocycles. The van der Waals surface area contributed by atoms with Crippen LogP contribution in [0.5, 0.6) is 0 Å². The van der Waals surface area contributed by atoms with Crippen LogP contribution in [0.3, 0.4) is 0 Å². The molecule has 1 aliphatic rings. The van der Waals surface area contributed by atoms with Gasteiger partial charge in [-0.05, 0) is 31.2 Å². The molecular formula is C11H18ClN3. The molecular weight excluding hydrogens is 210 g/mol. The minimum atomic E-state index is 0.